The van der Waals surface area contributed by atoms with Crippen molar-refractivity contribution in [2.75, 3.05) is 13.1 Å². The Labute approximate surface area is 207 Å². The Hall–Kier alpha value is -3.23. The third-order valence-electron chi connectivity index (χ3n) is 6.71. The van der Waals surface area contributed by atoms with Gasteiger partial charge in [-0.05, 0) is 48.2 Å². The van der Waals surface area contributed by atoms with Crippen LogP contribution in [0.2, 0.25) is 5.02 Å². The van der Waals surface area contributed by atoms with Crippen molar-refractivity contribution in [3.63, 3.8) is 0 Å². The number of halogens is 2. The molecule has 2 aliphatic heterocycles. The fraction of sp³-hybridized carbons (Fsp3) is 0.346. The smallest absolute Gasteiger partial charge is 0.274 e. The lowest BCUT2D eigenvalue weighted by atomic mass is 9.95. The van der Waals surface area contributed by atoms with Crippen LogP contribution in [0.3, 0.4) is 0 Å². The van der Waals surface area contributed by atoms with E-state index < -0.39 is 0 Å². The molecular weight excluding hydrogens is 471 g/mol. The van der Waals surface area contributed by atoms with Crippen LogP contribution in [0.15, 0.2) is 54.9 Å². The van der Waals surface area contributed by atoms with E-state index in [1.54, 1.807) is 23.4 Å². The molecule has 2 aromatic carbocycles. The zero-order valence-electron chi connectivity index (χ0n) is 19.1. The number of piperidine rings is 1. The fourth-order valence-corrected chi connectivity index (χ4v) is 4.74. The first-order chi connectivity index (χ1) is 17.0. The third-order valence-corrected chi connectivity index (χ3v) is 6.96. The number of hydrogen-bond donors (Lipinski definition) is 1. The average molecular weight is 497 g/mol. The van der Waals surface area contributed by atoms with Crippen molar-refractivity contribution in [2.24, 2.45) is 5.92 Å². The minimum Gasteiger partial charge on any atom is -0.365 e. The number of likely N-dealkylation sites (tertiary alicyclic amines) is 1. The topological polar surface area (TPSA) is 76.5 Å². The summed E-state index contributed by atoms with van der Waals surface area (Å²) in [4.78, 5) is 31.9. The standard InChI is InChI=1S/C26H26ClFN4O3/c27-20-5-3-18(4-6-20)23-14-32-16-30-24(22(32)15-35-23)26(34)31-11-9-19(10-12-31)25(33)29-13-17-1-7-21(28)8-2-17/h1-8,16,19,23H,9-15H2,(H,29,33)/t23-/m1/s1. The average Bonchev–Trinajstić information content (AvgIpc) is 3.31. The molecule has 2 amide bonds. The van der Waals surface area contributed by atoms with Crippen LogP contribution >= 0.6 is 11.6 Å². The maximum Gasteiger partial charge on any atom is 0.274 e. The number of nitrogens with one attached hydrogen (secondary N) is 1. The molecule has 182 valence electrons. The highest BCUT2D eigenvalue weighted by Gasteiger charge is 2.32. The van der Waals surface area contributed by atoms with Crippen molar-refractivity contribution >= 4 is 23.4 Å². The second kappa shape index (κ2) is 10.2. The monoisotopic (exact) mass is 496 g/mol. The summed E-state index contributed by atoms with van der Waals surface area (Å²) in [6, 6.07) is 13.6. The molecule has 3 aromatic rings. The molecule has 0 bridgehead atoms. The van der Waals surface area contributed by atoms with Gasteiger partial charge in [0, 0.05) is 30.6 Å². The van der Waals surface area contributed by atoms with E-state index in [0.717, 1.165) is 16.8 Å². The van der Waals surface area contributed by atoms with Gasteiger partial charge in [0.15, 0.2) is 5.69 Å². The number of amides is 2. The molecule has 2 aliphatic rings. The Bertz CT molecular complexity index is 1200. The lowest BCUT2D eigenvalue weighted by Gasteiger charge is -2.31. The number of carbonyl (C=O) groups excluding carboxylic acids is 2. The lowest BCUT2D eigenvalue weighted by Crippen LogP contribution is -2.43. The van der Waals surface area contributed by atoms with E-state index in [1.165, 1.54) is 12.1 Å². The van der Waals surface area contributed by atoms with Gasteiger partial charge < -0.3 is 19.5 Å². The molecule has 9 heteroatoms. The second-order valence-electron chi connectivity index (χ2n) is 8.95. The van der Waals surface area contributed by atoms with E-state index in [0.29, 0.717) is 56.3 Å². The number of aromatic nitrogens is 2. The van der Waals surface area contributed by atoms with Crippen molar-refractivity contribution < 1.29 is 18.7 Å². The van der Waals surface area contributed by atoms with Crippen molar-refractivity contribution in [3.8, 4) is 0 Å². The first kappa shape index (κ1) is 23.5. The zero-order valence-corrected chi connectivity index (χ0v) is 19.9. The normalized spacial score (nSPS) is 18.2. The van der Waals surface area contributed by atoms with Gasteiger partial charge in [0.1, 0.15) is 11.9 Å². The number of hydrogen-bond acceptors (Lipinski definition) is 4. The minimum absolute atomic E-state index is 0.0394. The zero-order chi connectivity index (χ0) is 24.4. The van der Waals surface area contributed by atoms with Gasteiger partial charge in [0.05, 0.1) is 25.2 Å². The van der Waals surface area contributed by atoms with Crippen molar-refractivity contribution in [2.45, 2.75) is 38.6 Å². The highest BCUT2D eigenvalue weighted by atomic mass is 35.5. The van der Waals surface area contributed by atoms with Gasteiger partial charge in [-0.2, -0.15) is 0 Å². The Morgan fingerprint density at radius 3 is 2.51 bits per heavy atom. The molecule has 1 atom stereocenters. The quantitative estimate of drug-likeness (QED) is 0.576. The molecule has 1 fully saturated rings. The predicted molar refractivity (Wildman–Crippen MR) is 128 cm³/mol. The van der Waals surface area contributed by atoms with Gasteiger partial charge in [0.2, 0.25) is 5.91 Å². The first-order valence-corrected chi connectivity index (χ1v) is 12.1. The largest absolute Gasteiger partial charge is 0.365 e. The molecule has 7 nitrogen and oxygen atoms in total. The number of ether oxygens (including phenoxy) is 1. The number of rotatable bonds is 5. The summed E-state index contributed by atoms with van der Waals surface area (Å²) in [5.41, 5.74) is 3.07. The maximum absolute atomic E-state index is 13.2. The molecule has 0 saturated carbocycles. The number of carbonyl (C=O) groups is 2. The Kier molecular flexibility index (Phi) is 6.83. The molecule has 3 heterocycles. The summed E-state index contributed by atoms with van der Waals surface area (Å²) in [6.07, 6.45) is 2.75. The molecule has 1 aromatic heterocycles. The van der Waals surface area contributed by atoms with Crippen molar-refractivity contribution in [1.82, 2.24) is 19.8 Å². The molecule has 0 spiro atoms. The molecule has 1 N–H and O–H groups in total. The van der Waals surface area contributed by atoms with Gasteiger partial charge in [0.25, 0.3) is 5.91 Å². The van der Waals surface area contributed by atoms with E-state index >= 15 is 0 Å². The van der Waals surface area contributed by atoms with Crippen LogP contribution in [0.4, 0.5) is 4.39 Å². The van der Waals surface area contributed by atoms with Gasteiger partial charge in [-0.25, -0.2) is 9.37 Å². The summed E-state index contributed by atoms with van der Waals surface area (Å²) in [7, 11) is 0. The number of benzene rings is 2. The van der Waals surface area contributed by atoms with E-state index in [2.05, 4.69) is 10.3 Å². The molecule has 0 aliphatic carbocycles. The summed E-state index contributed by atoms with van der Waals surface area (Å²) >= 11 is 5.98. The number of nitrogens with zero attached hydrogens (tertiary/aromatic N) is 3. The molecule has 1 saturated heterocycles. The molecule has 35 heavy (non-hydrogen) atoms. The van der Waals surface area contributed by atoms with Gasteiger partial charge in [-0.15, -0.1) is 0 Å². The van der Waals surface area contributed by atoms with Crippen LogP contribution in [0.1, 0.15) is 46.3 Å². The fourth-order valence-electron chi connectivity index (χ4n) is 4.62. The van der Waals surface area contributed by atoms with E-state index in [9.17, 15) is 14.0 Å². The van der Waals surface area contributed by atoms with Crippen LogP contribution in [-0.4, -0.2) is 39.4 Å². The van der Waals surface area contributed by atoms with Crippen molar-refractivity contribution in [1.29, 1.82) is 0 Å². The van der Waals surface area contributed by atoms with E-state index in [4.69, 9.17) is 16.3 Å². The van der Waals surface area contributed by atoms with Crippen LogP contribution in [-0.2, 0) is 29.2 Å². The highest BCUT2D eigenvalue weighted by molar-refractivity contribution is 6.30. The third kappa shape index (κ3) is 5.23. The molecular formula is C26H26ClFN4O3. The summed E-state index contributed by atoms with van der Waals surface area (Å²) in [5, 5.41) is 3.59. The summed E-state index contributed by atoms with van der Waals surface area (Å²) < 4.78 is 21.1. The Morgan fingerprint density at radius 1 is 1.09 bits per heavy atom. The van der Waals surface area contributed by atoms with E-state index in [-0.39, 0.29) is 29.7 Å². The number of imidazole rings is 1. The van der Waals surface area contributed by atoms with Crippen molar-refractivity contribution in [3.05, 3.63) is 88.2 Å². The Balaban J connectivity index is 1.15. The first-order valence-electron chi connectivity index (χ1n) is 11.7. The molecule has 5 rings (SSSR count). The van der Waals surface area contributed by atoms with Gasteiger partial charge >= 0.3 is 0 Å². The summed E-state index contributed by atoms with van der Waals surface area (Å²) in [5.74, 6) is -0.622. The highest BCUT2D eigenvalue weighted by Crippen LogP contribution is 2.29. The van der Waals surface area contributed by atoms with Crippen LogP contribution in [0.25, 0.3) is 0 Å². The SMILES string of the molecule is O=C(NCc1ccc(F)cc1)C1CCN(C(=O)c2ncn3c2CO[C@@H](c2ccc(Cl)cc2)C3)CC1. The lowest BCUT2D eigenvalue weighted by molar-refractivity contribution is -0.126. The van der Waals surface area contributed by atoms with Crippen LogP contribution in [0, 0.1) is 11.7 Å². The molecule has 0 radical (unpaired) electrons. The van der Waals surface area contributed by atoms with Gasteiger partial charge in [-0.3, -0.25) is 9.59 Å². The maximum atomic E-state index is 13.2. The second-order valence-corrected chi connectivity index (χ2v) is 9.39. The predicted octanol–water partition coefficient (Wildman–Crippen LogP) is 4.12. The van der Waals surface area contributed by atoms with Crippen LogP contribution in [0.5, 0.6) is 0 Å². The summed E-state index contributed by atoms with van der Waals surface area (Å²) in [6.45, 7) is 2.22. The Morgan fingerprint density at radius 2 is 1.80 bits per heavy atom. The molecule has 0 unspecified atom stereocenters. The van der Waals surface area contributed by atoms with E-state index in [1.807, 2.05) is 28.8 Å². The minimum atomic E-state index is -0.302. The van der Waals surface area contributed by atoms with Crippen LogP contribution < -0.4 is 5.32 Å². The van der Waals surface area contributed by atoms with Gasteiger partial charge in [-0.1, -0.05) is 35.9 Å². The number of fused-ring (bicyclic) bond motifs is 1.